The molecule has 6 heteroatoms. The van der Waals surface area contributed by atoms with Crippen LogP contribution in [0.5, 0.6) is 0 Å². The first-order valence-corrected chi connectivity index (χ1v) is 6.50. The van der Waals surface area contributed by atoms with E-state index in [0.717, 1.165) is 25.0 Å². The van der Waals surface area contributed by atoms with Crippen LogP contribution in [0.1, 0.15) is 43.9 Å². The lowest BCUT2D eigenvalue weighted by Gasteiger charge is -2.25. The smallest absolute Gasteiger partial charge is 0.323 e. The molecule has 2 atom stereocenters. The summed E-state index contributed by atoms with van der Waals surface area (Å²) in [5.74, 6) is -0.904. The molecule has 1 aliphatic heterocycles. The molecule has 0 radical (unpaired) electrons. The number of alkyl halides is 3. The lowest BCUT2D eigenvalue weighted by molar-refractivity contribution is -0.137. The minimum Gasteiger partial charge on any atom is -0.323 e. The lowest BCUT2D eigenvalue weighted by Crippen LogP contribution is -2.42. The topological polar surface area (TPSA) is 38.0 Å². The standard InChI is InChI=1S/C14H18F4N2/c1-13(2)6-5-11(20-13)12(19)9-4-3-8(7-10(9)15)14(16,17)18/h3-4,7,11-12,20H,5-6,19H2,1-2H3/t11-,12-/m0/s1. The van der Waals surface area contributed by atoms with E-state index in [1.165, 1.54) is 0 Å². The first-order chi connectivity index (χ1) is 9.10. The van der Waals surface area contributed by atoms with Crippen LogP contribution in [0.25, 0.3) is 0 Å². The first kappa shape index (κ1) is 15.3. The van der Waals surface area contributed by atoms with Crippen molar-refractivity contribution in [3.63, 3.8) is 0 Å². The molecule has 0 spiro atoms. The molecule has 0 amide bonds. The highest BCUT2D eigenvalue weighted by atomic mass is 19.4. The molecule has 1 saturated heterocycles. The van der Waals surface area contributed by atoms with E-state index < -0.39 is 23.6 Å². The van der Waals surface area contributed by atoms with Crippen molar-refractivity contribution in [3.8, 4) is 0 Å². The van der Waals surface area contributed by atoms with E-state index in [9.17, 15) is 17.6 Å². The van der Waals surface area contributed by atoms with Crippen molar-refractivity contribution in [1.29, 1.82) is 0 Å². The Balaban J connectivity index is 2.21. The molecule has 0 aromatic heterocycles. The van der Waals surface area contributed by atoms with Crippen LogP contribution < -0.4 is 11.1 Å². The summed E-state index contributed by atoms with van der Waals surface area (Å²) in [6, 6.07) is 1.74. The predicted molar refractivity (Wildman–Crippen MR) is 68.6 cm³/mol. The van der Waals surface area contributed by atoms with Gasteiger partial charge in [-0.2, -0.15) is 13.2 Å². The molecule has 2 rings (SSSR count). The summed E-state index contributed by atoms with van der Waals surface area (Å²) in [4.78, 5) is 0. The van der Waals surface area contributed by atoms with Crippen molar-refractivity contribution < 1.29 is 17.6 Å². The molecule has 1 aromatic carbocycles. The number of nitrogens with two attached hydrogens (primary N) is 1. The Kier molecular flexibility index (Phi) is 3.81. The second-order valence-corrected chi connectivity index (χ2v) is 5.93. The molecule has 0 unspecified atom stereocenters. The van der Waals surface area contributed by atoms with Gasteiger partial charge >= 0.3 is 6.18 Å². The monoisotopic (exact) mass is 290 g/mol. The van der Waals surface area contributed by atoms with Crippen LogP contribution >= 0.6 is 0 Å². The summed E-state index contributed by atoms with van der Waals surface area (Å²) < 4.78 is 51.3. The van der Waals surface area contributed by atoms with Gasteiger partial charge in [0.1, 0.15) is 5.82 Å². The molecule has 1 aromatic rings. The summed E-state index contributed by atoms with van der Waals surface area (Å²) >= 11 is 0. The number of halogens is 4. The summed E-state index contributed by atoms with van der Waals surface area (Å²) in [7, 11) is 0. The van der Waals surface area contributed by atoms with E-state index in [-0.39, 0.29) is 17.1 Å². The van der Waals surface area contributed by atoms with E-state index >= 15 is 0 Å². The van der Waals surface area contributed by atoms with Crippen LogP contribution in [0, 0.1) is 5.82 Å². The van der Waals surface area contributed by atoms with Crippen molar-refractivity contribution in [3.05, 3.63) is 35.1 Å². The van der Waals surface area contributed by atoms with E-state index in [4.69, 9.17) is 5.73 Å². The number of hydrogen-bond donors (Lipinski definition) is 2. The maximum atomic E-state index is 13.9. The van der Waals surface area contributed by atoms with Crippen LogP contribution in [0.4, 0.5) is 17.6 Å². The van der Waals surface area contributed by atoms with Crippen LogP contribution in [0.3, 0.4) is 0 Å². The Morgan fingerprint density at radius 3 is 2.45 bits per heavy atom. The van der Waals surface area contributed by atoms with Gasteiger partial charge in [0.05, 0.1) is 5.56 Å². The fourth-order valence-corrected chi connectivity index (χ4v) is 2.62. The van der Waals surface area contributed by atoms with Gasteiger partial charge in [0.15, 0.2) is 0 Å². The van der Waals surface area contributed by atoms with Gasteiger partial charge in [0, 0.05) is 23.2 Å². The minimum absolute atomic E-state index is 0.0787. The Hall–Kier alpha value is -1.14. The lowest BCUT2D eigenvalue weighted by atomic mass is 9.97. The second-order valence-electron chi connectivity index (χ2n) is 5.93. The van der Waals surface area contributed by atoms with E-state index in [1.54, 1.807) is 0 Å². The molecule has 20 heavy (non-hydrogen) atoms. The number of rotatable bonds is 2. The third kappa shape index (κ3) is 3.12. The highest BCUT2D eigenvalue weighted by molar-refractivity contribution is 5.29. The fourth-order valence-electron chi connectivity index (χ4n) is 2.62. The molecule has 2 nitrogen and oxygen atoms in total. The highest BCUT2D eigenvalue weighted by Crippen LogP contribution is 2.33. The zero-order valence-electron chi connectivity index (χ0n) is 11.4. The van der Waals surface area contributed by atoms with Crippen LogP contribution in [-0.4, -0.2) is 11.6 Å². The Morgan fingerprint density at radius 2 is 2.00 bits per heavy atom. The molecule has 1 fully saturated rings. The van der Waals surface area contributed by atoms with Gasteiger partial charge in [-0.15, -0.1) is 0 Å². The third-order valence-electron chi connectivity index (χ3n) is 3.78. The normalized spacial score (nSPS) is 23.9. The third-order valence-corrected chi connectivity index (χ3v) is 3.78. The maximum Gasteiger partial charge on any atom is 0.416 e. The molecule has 0 saturated carbocycles. The van der Waals surface area contributed by atoms with Gasteiger partial charge in [-0.05, 0) is 38.8 Å². The van der Waals surface area contributed by atoms with Crippen molar-refractivity contribution in [2.75, 3.05) is 0 Å². The van der Waals surface area contributed by atoms with Gasteiger partial charge in [-0.1, -0.05) is 6.07 Å². The molecule has 112 valence electrons. The second kappa shape index (κ2) is 5.00. The summed E-state index contributed by atoms with van der Waals surface area (Å²) in [5.41, 5.74) is 5.04. The molecule has 1 aliphatic rings. The number of hydrogen-bond acceptors (Lipinski definition) is 2. The largest absolute Gasteiger partial charge is 0.416 e. The van der Waals surface area contributed by atoms with E-state index in [2.05, 4.69) is 5.32 Å². The van der Waals surface area contributed by atoms with Crippen LogP contribution in [0.2, 0.25) is 0 Å². The zero-order chi connectivity index (χ0) is 15.1. The quantitative estimate of drug-likeness (QED) is 0.820. The van der Waals surface area contributed by atoms with Gasteiger partial charge in [-0.3, -0.25) is 0 Å². The average molecular weight is 290 g/mol. The molecular formula is C14H18F4N2. The van der Waals surface area contributed by atoms with Gasteiger partial charge in [-0.25, -0.2) is 4.39 Å². The van der Waals surface area contributed by atoms with Gasteiger partial charge < -0.3 is 11.1 Å². The Labute approximate surface area is 115 Å². The molecule has 0 aliphatic carbocycles. The van der Waals surface area contributed by atoms with E-state index in [1.807, 2.05) is 13.8 Å². The van der Waals surface area contributed by atoms with Crippen molar-refractivity contribution in [2.45, 2.75) is 50.5 Å². The van der Waals surface area contributed by atoms with Crippen molar-refractivity contribution >= 4 is 0 Å². The van der Waals surface area contributed by atoms with Gasteiger partial charge in [0.2, 0.25) is 0 Å². The molecule has 0 bridgehead atoms. The molecule has 3 N–H and O–H groups in total. The summed E-state index contributed by atoms with van der Waals surface area (Å²) in [5, 5.41) is 3.29. The summed E-state index contributed by atoms with van der Waals surface area (Å²) in [6.45, 7) is 4.03. The highest BCUT2D eigenvalue weighted by Gasteiger charge is 2.36. The SMILES string of the molecule is CC1(C)CC[C@@H]([C@@H](N)c2ccc(C(F)(F)F)cc2F)N1. The molecular weight excluding hydrogens is 272 g/mol. The first-order valence-electron chi connectivity index (χ1n) is 6.50. The summed E-state index contributed by atoms with van der Waals surface area (Å²) in [6.07, 6.45) is -2.88. The zero-order valence-corrected chi connectivity index (χ0v) is 11.4. The minimum atomic E-state index is -4.54. The Bertz CT molecular complexity index is 496. The van der Waals surface area contributed by atoms with Crippen molar-refractivity contribution in [1.82, 2.24) is 5.32 Å². The predicted octanol–water partition coefficient (Wildman–Crippen LogP) is 3.37. The van der Waals surface area contributed by atoms with E-state index in [0.29, 0.717) is 6.07 Å². The van der Waals surface area contributed by atoms with Gasteiger partial charge in [0.25, 0.3) is 0 Å². The maximum absolute atomic E-state index is 13.9. The number of nitrogens with one attached hydrogen (secondary N) is 1. The van der Waals surface area contributed by atoms with Crippen LogP contribution in [-0.2, 0) is 6.18 Å². The van der Waals surface area contributed by atoms with Crippen molar-refractivity contribution in [2.24, 2.45) is 5.73 Å². The number of benzene rings is 1. The fraction of sp³-hybridized carbons (Fsp3) is 0.571. The Morgan fingerprint density at radius 1 is 1.35 bits per heavy atom. The average Bonchev–Trinajstić information content (AvgIpc) is 2.67. The molecule has 1 heterocycles. The van der Waals surface area contributed by atoms with Crippen LogP contribution in [0.15, 0.2) is 18.2 Å².